The molecule has 1 fully saturated rings. The molecule has 1 saturated carbocycles. The fraction of sp³-hybridized carbons (Fsp3) is 0.889. The number of nitrogens with zero attached hydrogens (tertiary/aromatic N) is 1. The van der Waals surface area contributed by atoms with Crippen molar-refractivity contribution in [2.45, 2.75) is 44.6 Å². The second kappa shape index (κ2) is 7.39. The van der Waals surface area contributed by atoms with Gasteiger partial charge in [0.15, 0.2) is 0 Å². The van der Waals surface area contributed by atoms with Crippen molar-refractivity contribution in [1.82, 2.24) is 5.32 Å². The summed E-state index contributed by atoms with van der Waals surface area (Å²) in [5.41, 5.74) is 0. The minimum absolute atomic E-state index is 0. The molecule has 0 unspecified atom stereocenters. The zero-order valence-electron chi connectivity index (χ0n) is 7.38. The van der Waals surface area contributed by atoms with Crippen LogP contribution < -0.4 is 5.32 Å². The first kappa shape index (κ1) is 11.7. The molecule has 0 aromatic carbocycles. The molecule has 1 aliphatic rings. The standard InChI is InChI=1S/C9H16N2.ClH/c10-7-4-8-11-9-5-2-1-3-6-9;/h9,11H,1-6,8H2;1H. The lowest BCUT2D eigenvalue weighted by molar-refractivity contribution is 0.377. The Morgan fingerprint density at radius 3 is 2.50 bits per heavy atom. The monoisotopic (exact) mass is 188 g/mol. The zero-order chi connectivity index (χ0) is 7.94. The predicted molar refractivity (Wildman–Crippen MR) is 52.4 cm³/mol. The van der Waals surface area contributed by atoms with E-state index in [9.17, 15) is 0 Å². The van der Waals surface area contributed by atoms with Crippen LogP contribution >= 0.6 is 12.4 Å². The maximum atomic E-state index is 8.31. The van der Waals surface area contributed by atoms with E-state index in [-0.39, 0.29) is 12.4 Å². The van der Waals surface area contributed by atoms with E-state index in [0.717, 1.165) is 6.54 Å². The Morgan fingerprint density at radius 1 is 1.25 bits per heavy atom. The number of rotatable bonds is 3. The molecule has 2 nitrogen and oxygen atoms in total. The fourth-order valence-corrected chi connectivity index (χ4v) is 1.64. The Hall–Kier alpha value is -0.260. The average Bonchev–Trinajstić information content (AvgIpc) is 2.07. The highest BCUT2D eigenvalue weighted by Gasteiger charge is 2.11. The summed E-state index contributed by atoms with van der Waals surface area (Å²) in [6.07, 6.45) is 7.40. The topological polar surface area (TPSA) is 35.8 Å². The third-order valence-electron chi connectivity index (χ3n) is 2.27. The molecule has 1 N–H and O–H groups in total. The van der Waals surface area contributed by atoms with Gasteiger partial charge in [-0.15, -0.1) is 12.4 Å². The van der Waals surface area contributed by atoms with Crippen LogP contribution in [0.2, 0.25) is 0 Å². The van der Waals surface area contributed by atoms with Crippen LogP contribution in [0.25, 0.3) is 0 Å². The van der Waals surface area contributed by atoms with Crippen LogP contribution in [0.5, 0.6) is 0 Å². The number of halogens is 1. The Kier molecular flexibility index (Phi) is 7.23. The number of nitriles is 1. The molecule has 1 rings (SSSR count). The van der Waals surface area contributed by atoms with E-state index in [4.69, 9.17) is 5.26 Å². The van der Waals surface area contributed by atoms with Gasteiger partial charge in [-0.05, 0) is 12.8 Å². The molecule has 0 radical (unpaired) electrons. The summed E-state index contributed by atoms with van der Waals surface area (Å²) in [6, 6.07) is 2.85. The van der Waals surface area contributed by atoms with Gasteiger partial charge in [0.2, 0.25) is 0 Å². The maximum absolute atomic E-state index is 8.31. The smallest absolute Gasteiger partial charge is 0.0635 e. The highest BCUT2D eigenvalue weighted by Crippen LogP contribution is 2.16. The van der Waals surface area contributed by atoms with Gasteiger partial charge >= 0.3 is 0 Å². The second-order valence-corrected chi connectivity index (χ2v) is 3.20. The van der Waals surface area contributed by atoms with E-state index in [1.807, 2.05) is 0 Å². The van der Waals surface area contributed by atoms with Gasteiger partial charge in [-0.1, -0.05) is 19.3 Å². The van der Waals surface area contributed by atoms with Crippen molar-refractivity contribution in [3.63, 3.8) is 0 Å². The van der Waals surface area contributed by atoms with Crippen molar-refractivity contribution >= 4 is 12.4 Å². The van der Waals surface area contributed by atoms with Crippen LogP contribution in [0.3, 0.4) is 0 Å². The van der Waals surface area contributed by atoms with Crippen molar-refractivity contribution in [3.8, 4) is 6.07 Å². The van der Waals surface area contributed by atoms with Gasteiger partial charge in [0, 0.05) is 19.0 Å². The third kappa shape index (κ3) is 4.58. The average molecular weight is 189 g/mol. The highest BCUT2D eigenvalue weighted by atomic mass is 35.5. The molecule has 70 valence electrons. The zero-order valence-corrected chi connectivity index (χ0v) is 8.20. The largest absolute Gasteiger partial charge is 0.313 e. The van der Waals surface area contributed by atoms with Gasteiger partial charge in [-0.25, -0.2) is 0 Å². The fourth-order valence-electron chi connectivity index (χ4n) is 1.64. The normalized spacial score (nSPS) is 17.9. The molecule has 0 bridgehead atoms. The van der Waals surface area contributed by atoms with Crippen LogP contribution in [0, 0.1) is 11.3 Å². The van der Waals surface area contributed by atoms with Gasteiger partial charge < -0.3 is 5.32 Å². The van der Waals surface area contributed by atoms with Crippen molar-refractivity contribution in [1.29, 1.82) is 5.26 Å². The highest BCUT2D eigenvalue weighted by molar-refractivity contribution is 5.85. The quantitative estimate of drug-likeness (QED) is 0.690. The van der Waals surface area contributed by atoms with E-state index < -0.39 is 0 Å². The molecule has 0 saturated heterocycles. The van der Waals surface area contributed by atoms with Crippen molar-refractivity contribution in [2.75, 3.05) is 6.54 Å². The molecule has 0 aliphatic heterocycles. The molecule has 0 heterocycles. The maximum Gasteiger partial charge on any atom is 0.0635 e. The SMILES string of the molecule is Cl.N#CCCNC1CCCCC1. The number of nitrogens with one attached hydrogen (secondary N) is 1. The van der Waals surface area contributed by atoms with Crippen LogP contribution in [0.15, 0.2) is 0 Å². The summed E-state index contributed by atoms with van der Waals surface area (Å²) < 4.78 is 0. The second-order valence-electron chi connectivity index (χ2n) is 3.20. The summed E-state index contributed by atoms with van der Waals surface area (Å²) >= 11 is 0. The Bertz CT molecular complexity index is 136. The molecule has 0 atom stereocenters. The lowest BCUT2D eigenvalue weighted by Gasteiger charge is -2.22. The van der Waals surface area contributed by atoms with Gasteiger partial charge in [0.05, 0.1) is 6.07 Å². The predicted octanol–water partition coefficient (Wildman–Crippen LogP) is 2.24. The van der Waals surface area contributed by atoms with Crippen LogP contribution in [0.4, 0.5) is 0 Å². The molecular weight excluding hydrogens is 172 g/mol. The molecule has 12 heavy (non-hydrogen) atoms. The first-order chi connectivity index (χ1) is 5.43. The van der Waals surface area contributed by atoms with Crippen molar-refractivity contribution < 1.29 is 0 Å². The molecule has 1 aliphatic carbocycles. The van der Waals surface area contributed by atoms with Gasteiger partial charge in [-0.2, -0.15) is 5.26 Å². The molecular formula is C9H17ClN2. The summed E-state index contributed by atoms with van der Waals surface area (Å²) in [6.45, 7) is 0.876. The van der Waals surface area contributed by atoms with Crippen LogP contribution in [0.1, 0.15) is 38.5 Å². The van der Waals surface area contributed by atoms with E-state index in [1.165, 1.54) is 32.1 Å². The first-order valence-corrected chi connectivity index (χ1v) is 4.54. The molecule has 3 heteroatoms. The lowest BCUT2D eigenvalue weighted by Crippen LogP contribution is -2.31. The molecule has 0 aromatic heterocycles. The number of hydrogen-bond donors (Lipinski definition) is 1. The summed E-state index contributed by atoms with van der Waals surface area (Å²) in [5, 5.41) is 11.7. The van der Waals surface area contributed by atoms with Gasteiger partial charge in [-0.3, -0.25) is 0 Å². The van der Waals surface area contributed by atoms with E-state index in [0.29, 0.717) is 12.5 Å². The lowest BCUT2D eigenvalue weighted by atomic mass is 9.95. The molecule has 0 aromatic rings. The minimum Gasteiger partial charge on any atom is -0.313 e. The van der Waals surface area contributed by atoms with E-state index in [1.54, 1.807) is 0 Å². The van der Waals surface area contributed by atoms with Crippen molar-refractivity contribution in [3.05, 3.63) is 0 Å². The minimum atomic E-state index is 0. The first-order valence-electron chi connectivity index (χ1n) is 4.54. The summed E-state index contributed by atoms with van der Waals surface area (Å²) in [5.74, 6) is 0. The summed E-state index contributed by atoms with van der Waals surface area (Å²) in [7, 11) is 0. The van der Waals surface area contributed by atoms with Gasteiger partial charge in [0.25, 0.3) is 0 Å². The Labute approximate surface area is 80.7 Å². The Balaban J connectivity index is 0.00000121. The molecule has 0 spiro atoms. The third-order valence-corrected chi connectivity index (χ3v) is 2.27. The van der Waals surface area contributed by atoms with Crippen LogP contribution in [-0.2, 0) is 0 Å². The Morgan fingerprint density at radius 2 is 1.92 bits per heavy atom. The molecule has 0 amide bonds. The van der Waals surface area contributed by atoms with E-state index >= 15 is 0 Å². The van der Waals surface area contributed by atoms with E-state index in [2.05, 4.69) is 11.4 Å². The summed E-state index contributed by atoms with van der Waals surface area (Å²) in [4.78, 5) is 0. The van der Waals surface area contributed by atoms with Crippen molar-refractivity contribution in [2.24, 2.45) is 0 Å². The van der Waals surface area contributed by atoms with Crippen LogP contribution in [-0.4, -0.2) is 12.6 Å². The number of hydrogen-bond acceptors (Lipinski definition) is 2. The van der Waals surface area contributed by atoms with Gasteiger partial charge in [0.1, 0.15) is 0 Å².